The molecule has 1 fully saturated rings. The molecule has 0 aliphatic heterocycles. The highest BCUT2D eigenvalue weighted by Gasteiger charge is 2.29. The summed E-state index contributed by atoms with van der Waals surface area (Å²) in [6.45, 7) is 0.507. The van der Waals surface area contributed by atoms with Crippen LogP contribution in [0.2, 0.25) is 0 Å². The van der Waals surface area contributed by atoms with E-state index in [0.717, 1.165) is 0 Å². The van der Waals surface area contributed by atoms with Crippen molar-refractivity contribution in [2.24, 2.45) is 11.8 Å². The number of aryl methyl sites for hydroxylation is 1. The van der Waals surface area contributed by atoms with Gasteiger partial charge in [0.1, 0.15) is 5.82 Å². The molecule has 1 saturated carbocycles. The third-order valence-corrected chi connectivity index (χ3v) is 4.88. The molecule has 0 spiro atoms. The van der Waals surface area contributed by atoms with Crippen LogP contribution < -0.4 is 5.32 Å². The first kappa shape index (κ1) is 17.9. The Morgan fingerprint density at radius 2 is 1.87 bits per heavy atom. The molecule has 1 aliphatic carbocycles. The summed E-state index contributed by atoms with van der Waals surface area (Å²) in [5, 5.41) is 11.8. The van der Waals surface area contributed by atoms with Gasteiger partial charge in [-0.15, -0.1) is 0 Å². The van der Waals surface area contributed by atoms with Gasteiger partial charge < -0.3 is 10.4 Å². The predicted octanol–water partition coefficient (Wildman–Crippen LogP) is 3.53. The first-order valence-corrected chi connectivity index (χ1v) is 8.71. The quantitative estimate of drug-likeness (QED) is 0.736. The SMILES string of the molecule is O=C(O)C1CCC(C(=O)NCCCc2ccc(Br)cc2F)CC1. The zero-order chi connectivity index (χ0) is 16.8. The molecule has 2 N–H and O–H groups in total. The first-order valence-electron chi connectivity index (χ1n) is 7.92. The number of halogens is 2. The Morgan fingerprint density at radius 3 is 2.48 bits per heavy atom. The molecular weight excluding hydrogens is 365 g/mol. The van der Waals surface area contributed by atoms with Crippen LogP contribution in [0.15, 0.2) is 22.7 Å². The minimum absolute atomic E-state index is 0.00915. The van der Waals surface area contributed by atoms with Gasteiger partial charge in [0, 0.05) is 16.9 Å². The Balaban J connectivity index is 1.68. The van der Waals surface area contributed by atoms with Crippen LogP contribution in [0.4, 0.5) is 4.39 Å². The second-order valence-corrected chi connectivity index (χ2v) is 6.93. The van der Waals surface area contributed by atoms with Gasteiger partial charge in [-0.05, 0) is 56.2 Å². The second kappa shape index (κ2) is 8.43. The van der Waals surface area contributed by atoms with Crippen molar-refractivity contribution in [2.45, 2.75) is 38.5 Å². The van der Waals surface area contributed by atoms with Gasteiger partial charge in [-0.3, -0.25) is 9.59 Å². The third-order valence-electron chi connectivity index (χ3n) is 4.38. The van der Waals surface area contributed by atoms with Crippen LogP contribution in [0.5, 0.6) is 0 Å². The molecule has 0 atom stereocenters. The lowest BCUT2D eigenvalue weighted by atomic mass is 9.81. The largest absolute Gasteiger partial charge is 0.481 e. The average Bonchev–Trinajstić information content (AvgIpc) is 2.53. The van der Waals surface area contributed by atoms with Crippen LogP contribution in [0, 0.1) is 17.7 Å². The Labute approximate surface area is 143 Å². The minimum Gasteiger partial charge on any atom is -0.481 e. The van der Waals surface area contributed by atoms with Crippen molar-refractivity contribution in [3.05, 3.63) is 34.1 Å². The van der Waals surface area contributed by atoms with E-state index in [1.165, 1.54) is 6.07 Å². The van der Waals surface area contributed by atoms with Crippen molar-refractivity contribution in [2.75, 3.05) is 6.54 Å². The standard InChI is InChI=1S/C17H21BrFNO3/c18-14-8-7-11(15(19)10-14)2-1-9-20-16(21)12-3-5-13(6-4-12)17(22)23/h7-8,10,12-13H,1-6,9H2,(H,20,21)(H,22,23). The summed E-state index contributed by atoms with van der Waals surface area (Å²) in [6.07, 6.45) is 3.64. The van der Waals surface area contributed by atoms with E-state index < -0.39 is 5.97 Å². The lowest BCUT2D eigenvalue weighted by Crippen LogP contribution is -2.35. The van der Waals surface area contributed by atoms with Crippen molar-refractivity contribution >= 4 is 27.8 Å². The molecular formula is C17H21BrFNO3. The minimum atomic E-state index is -0.764. The zero-order valence-electron chi connectivity index (χ0n) is 12.9. The molecule has 23 heavy (non-hydrogen) atoms. The maximum Gasteiger partial charge on any atom is 0.306 e. The van der Waals surface area contributed by atoms with Crippen LogP contribution in [0.3, 0.4) is 0 Å². The van der Waals surface area contributed by atoms with Gasteiger partial charge in [-0.2, -0.15) is 0 Å². The number of carboxylic acid groups (broad SMARTS) is 1. The molecule has 1 aromatic carbocycles. The van der Waals surface area contributed by atoms with Gasteiger partial charge in [-0.25, -0.2) is 4.39 Å². The van der Waals surface area contributed by atoms with Gasteiger partial charge in [0.25, 0.3) is 0 Å². The van der Waals surface area contributed by atoms with Gasteiger partial charge in [0.15, 0.2) is 0 Å². The van der Waals surface area contributed by atoms with Crippen LogP contribution in [-0.2, 0) is 16.0 Å². The molecule has 0 radical (unpaired) electrons. The Hall–Kier alpha value is -1.43. The molecule has 0 bridgehead atoms. The third kappa shape index (κ3) is 5.30. The fraction of sp³-hybridized carbons (Fsp3) is 0.529. The molecule has 0 heterocycles. The number of carboxylic acids is 1. The van der Waals surface area contributed by atoms with E-state index in [4.69, 9.17) is 5.11 Å². The lowest BCUT2D eigenvalue weighted by Gasteiger charge is -2.25. The fourth-order valence-electron chi connectivity index (χ4n) is 2.96. The molecule has 0 saturated heterocycles. The molecule has 4 nitrogen and oxygen atoms in total. The van der Waals surface area contributed by atoms with Crippen LogP contribution in [-0.4, -0.2) is 23.5 Å². The zero-order valence-corrected chi connectivity index (χ0v) is 14.4. The number of hydrogen-bond acceptors (Lipinski definition) is 2. The number of carbonyl (C=O) groups is 2. The van der Waals surface area contributed by atoms with E-state index >= 15 is 0 Å². The van der Waals surface area contributed by atoms with Gasteiger partial charge in [-0.1, -0.05) is 22.0 Å². The summed E-state index contributed by atoms with van der Waals surface area (Å²) in [7, 11) is 0. The number of amides is 1. The molecule has 0 aromatic heterocycles. The Bertz CT molecular complexity index is 571. The van der Waals surface area contributed by atoms with E-state index in [-0.39, 0.29) is 23.6 Å². The summed E-state index contributed by atoms with van der Waals surface area (Å²) in [5.41, 5.74) is 0.643. The Morgan fingerprint density at radius 1 is 1.22 bits per heavy atom. The van der Waals surface area contributed by atoms with E-state index in [1.807, 2.05) is 0 Å². The number of hydrogen-bond donors (Lipinski definition) is 2. The molecule has 2 rings (SSSR count). The molecule has 1 amide bonds. The van der Waals surface area contributed by atoms with E-state index in [0.29, 0.717) is 55.1 Å². The predicted molar refractivity (Wildman–Crippen MR) is 88.5 cm³/mol. The maximum absolute atomic E-state index is 13.7. The summed E-state index contributed by atoms with van der Waals surface area (Å²) in [4.78, 5) is 22.9. The van der Waals surface area contributed by atoms with Crippen LogP contribution in [0.25, 0.3) is 0 Å². The number of benzene rings is 1. The molecule has 6 heteroatoms. The van der Waals surface area contributed by atoms with Crippen LogP contribution >= 0.6 is 15.9 Å². The van der Waals surface area contributed by atoms with Crippen molar-refractivity contribution < 1.29 is 19.1 Å². The van der Waals surface area contributed by atoms with E-state index in [2.05, 4.69) is 21.2 Å². The highest BCUT2D eigenvalue weighted by atomic mass is 79.9. The summed E-state index contributed by atoms with van der Waals surface area (Å²) >= 11 is 3.22. The highest BCUT2D eigenvalue weighted by Crippen LogP contribution is 2.29. The fourth-order valence-corrected chi connectivity index (χ4v) is 3.29. The molecule has 1 aliphatic rings. The number of nitrogens with one attached hydrogen (secondary N) is 1. The summed E-state index contributed by atoms with van der Waals surface area (Å²) in [5.74, 6) is -1.40. The van der Waals surface area contributed by atoms with E-state index in [9.17, 15) is 14.0 Å². The normalized spacial score (nSPS) is 21.0. The summed E-state index contributed by atoms with van der Waals surface area (Å²) in [6, 6.07) is 4.99. The van der Waals surface area contributed by atoms with Crippen molar-refractivity contribution in [1.82, 2.24) is 5.32 Å². The molecule has 126 valence electrons. The Kier molecular flexibility index (Phi) is 6.57. The molecule has 1 aromatic rings. The average molecular weight is 386 g/mol. The number of rotatable bonds is 6. The first-order chi connectivity index (χ1) is 11.0. The molecule has 0 unspecified atom stereocenters. The van der Waals surface area contributed by atoms with Gasteiger partial charge >= 0.3 is 5.97 Å². The summed E-state index contributed by atoms with van der Waals surface area (Å²) < 4.78 is 14.4. The topological polar surface area (TPSA) is 66.4 Å². The maximum atomic E-state index is 13.7. The van der Waals surface area contributed by atoms with Crippen LogP contribution in [0.1, 0.15) is 37.7 Å². The van der Waals surface area contributed by atoms with Crippen molar-refractivity contribution in [1.29, 1.82) is 0 Å². The monoisotopic (exact) mass is 385 g/mol. The van der Waals surface area contributed by atoms with Crippen molar-refractivity contribution in [3.63, 3.8) is 0 Å². The lowest BCUT2D eigenvalue weighted by molar-refractivity contribution is -0.144. The highest BCUT2D eigenvalue weighted by molar-refractivity contribution is 9.10. The number of carbonyl (C=O) groups excluding carboxylic acids is 1. The number of aliphatic carboxylic acids is 1. The van der Waals surface area contributed by atoms with Gasteiger partial charge in [0.2, 0.25) is 5.91 Å². The van der Waals surface area contributed by atoms with Gasteiger partial charge in [0.05, 0.1) is 5.92 Å². The smallest absolute Gasteiger partial charge is 0.306 e. The van der Waals surface area contributed by atoms with Crippen molar-refractivity contribution in [3.8, 4) is 0 Å². The second-order valence-electron chi connectivity index (χ2n) is 6.02. The van der Waals surface area contributed by atoms with E-state index in [1.54, 1.807) is 12.1 Å².